The van der Waals surface area contributed by atoms with Gasteiger partial charge in [-0.15, -0.1) is 11.3 Å². The molecule has 2 rings (SSSR count). The van der Waals surface area contributed by atoms with Gasteiger partial charge in [-0.2, -0.15) is 0 Å². The minimum Gasteiger partial charge on any atom is -0.383 e. The van der Waals surface area contributed by atoms with Crippen molar-refractivity contribution in [3.63, 3.8) is 0 Å². The van der Waals surface area contributed by atoms with Gasteiger partial charge in [-0.05, 0) is 23.9 Å². The van der Waals surface area contributed by atoms with Gasteiger partial charge in [-0.25, -0.2) is 9.97 Å². The Morgan fingerprint density at radius 2 is 2.26 bits per heavy atom. The fourth-order valence-corrected chi connectivity index (χ4v) is 2.63. The van der Waals surface area contributed by atoms with Crippen LogP contribution in [0.3, 0.4) is 0 Å². The number of nitrogens with two attached hydrogens (primary N) is 1. The van der Waals surface area contributed by atoms with Crippen molar-refractivity contribution in [3.8, 4) is 0 Å². The lowest BCUT2D eigenvalue weighted by atomic mass is 10.1. The normalized spacial score (nSPS) is 12.1. The first kappa shape index (κ1) is 13.7. The molecule has 2 aromatic heterocycles. The number of aromatic nitrogens is 2. The zero-order valence-corrected chi connectivity index (χ0v) is 12.0. The van der Waals surface area contributed by atoms with Crippen molar-refractivity contribution in [1.29, 1.82) is 0 Å². The maximum Gasteiger partial charge on any atom is 0.470 e. The molecule has 0 saturated carbocycles. The maximum atomic E-state index is 12.3. The van der Waals surface area contributed by atoms with E-state index in [1.807, 2.05) is 18.4 Å². The molecular weight excluding hydrogens is 282 g/mol. The monoisotopic (exact) mass is 294 g/mol. The summed E-state index contributed by atoms with van der Waals surface area (Å²) in [7, 11) is 0. The largest absolute Gasteiger partial charge is 0.470 e. The lowest BCUT2D eigenvalue weighted by molar-refractivity contribution is 0.104. The molecular formula is C12H12N3O2S2+. The molecule has 0 aliphatic carbocycles. The lowest BCUT2D eigenvalue weighted by Crippen LogP contribution is -2.11. The third kappa shape index (κ3) is 2.66. The highest BCUT2D eigenvalue weighted by atomic mass is 32.1. The Morgan fingerprint density at radius 1 is 1.53 bits per heavy atom. The Bertz CT molecular complexity index is 640. The van der Waals surface area contributed by atoms with Crippen LogP contribution in [-0.2, 0) is 15.9 Å². The standard InChI is InChI=1S/C12H11N3O2S2/c1-6-3-4-18-10(6)9(16)8-5-14-12(7(2)19-17)15-11(8)13/h3-5,7H,1-2H3,(H-,13,14,15,16)/p+1. The molecule has 0 aromatic carbocycles. The molecule has 98 valence electrons. The summed E-state index contributed by atoms with van der Waals surface area (Å²) < 4.78 is 10.7. The van der Waals surface area contributed by atoms with E-state index in [1.54, 1.807) is 6.92 Å². The smallest absolute Gasteiger partial charge is 0.383 e. The van der Waals surface area contributed by atoms with Crippen LogP contribution in [-0.4, -0.2) is 15.8 Å². The van der Waals surface area contributed by atoms with Crippen molar-refractivity contribution >= 4 is 34.6 Å². The highest BCUT2D eigenvalue weighted by Crippen LogP contribution is 2.22. The Morgan fingerprint density at radius 3 is 2.79 bits per heavy atom. The number of nitrogens with zero attached hydrogens (tertiary/aromatic N) is 2. The summed E-state index contributed by atoms with van der Waals surface area (Å²) in [6.45, 7) is 3.56. The van der Waals surface area contributed by atoms with Crippen LogP contribution in [0.15, 0.2) is 17.6 Å². The summed E-state index contributed by atoms with van der Waals surface area (Å²) in [5.41, 5.74) is 6.97. The van der Waals surface area contributed by atoms with Gasteiger partial charge in [0, 0.05) is 17.3 Å². The fourth-order valence-electron chi connectivity index (χ4n) is 1.55. The average Bonchev–Trinajstić information content (AvgIpc) is 2.83. The van der Waals surface area contributed by atoms with Crippen molar-refractivity contribution in [2.75, 3.05) is 5.73 Å². The topological polar surface area (TPSA) is 85.9 Å². The number of hydrogen-bond acceptors (Lipinski definition) is 6. The van der Waals surface area contributed by atoms with E-state index in [1.165, 1.54) is 17.5 Å². The molecule has 7 heteroatoms. The van der Waals surface area contributed by atoms with Crippen LogP contribution in [0.2, 0.25) is 0 Å². The van der Waals surface area contributed by atoms with Crippen molar-refractivity contribution < 1.29 is 9.00 Å². The Kier molecular flexibility index (Phi) is 3.96. The molecule has 0 bridgehead atoms. The Hall–Kier alpha value is -1.73. The fraction of sp³-hybridized carbons (Fsp3) is 0.250. The summed E-state index contributed by atoms with van der Waals surface area (Å²) >= 11 is 1.75. The number of hydrogen-bond donors (Lipinski definition) is 1. The molecule has 2 aromatic rings. The van der Waals surface area contributed by atoms with Gasteiger partial charge in [-0.1, -0.05) is 0 Å². The molecule has 19 heavy (non-hydrogen) atoms. The zero-order chi connectivity index (χ0) is 14.0. The molecule has 0 aliphatic heterocycles. The van der Waals surface area contributed by atoms with E-state index in [0.717, 1.165) is 5.56 Å². The van der Waals surface area contributed by atoms with Gasteiger partial charge in [0.05, 0.1) is 10.4 Å². The summed E-state index contributed by atoms with van der Waals surface area (Å²) in [6, 6.07) is 1.87. The second kappa shape index (κ2) is 5.50. The number of aryl methyl sites for hydroxylation is 1. The molecule has 0 amide bonds. The summed E-state index contributed by atoms with van der Waals surface area (Å²) in [5.74, 6) is 0.277. The van der Waals surface area contributed by atoms with E-state index in [9.17, 15) is 9.00 Å². The molecule has 2 N–H and O–H groups in total. The second-order valence-electron chi connectivity index (χ2n) is 4.03. The molecule has 1 atom stereocenters. The van der Waals surface area contributed by atoms with E-state index in [0.29, 0.717) is 22.4 Å². The molecule has 0 saturated heterocycles. The quantitative estimate of drug-likeness (QED) is 0.689. The van der Waals surface area contributed by atoms with Crippen LogP contribution in [0.4, 0.5) is 5.82 Å². The molecule has 2 heterocycles. The summed E-state index contributed by atoms with van der Waals surface area (Å²) in [5, 5.41) is 1.46. The number of rotatable bonds is 4. The van der Waals surface area contributed by atoms with Crippen molar-refractivity contribution in [3.05, 3.63) is 39.5 Å². The van der Waals surface area contributed by atoms with Gasteiger partial charge < -0.3 is 5.73 Å². The van der Waals surface area contributed by atoms with Crippen LogP contribution in [0.5, 0.6) is 0 Å². The lowest BCUT2D eigenvalue weighted by Gasteiger charge is -2.04. The van der Waals surface area contributed by atoms with Gasteiger partial charge in [-0.3, -0.25) is 4.79 Å². The third-order valence-corrected chi connectivity index (χ3v) is 4.17. The van der Waals surface area contributed by atoms with E-state index in [-0.39, 0.29) is 17.2 Å². The highest BCUT2D eigenvalue weighted by molar-refractivity contribution is 7.65. The highest BCUT2D eigenvalue weighted by Gasteiger charge is 2.24. The third-order valence-electron chi connectivity index (χ3n) is 2.66. The zero-order valence-electron chi connectivity index (χ0n) is 10.4. The second-order valence-corrected chi connectivity index (χ2v) is 5.84. The molecule has 0 fully saturated rings. The maximum absolute atomic E-state index is 12.3. The van der Waals surface area contributed by atoms with Crippen molar-refractivity contribution in [2.24, 2.45) is 0 Å². The van der Waals surface area contributed by atoms with E-state index in [2.05, 4.69) is 9.97 Å². The van der Waals surface area contributed by atoms with Gasteiger partial charge >= 0.3 is 11.7 Å². The first-order valence-corrected chi connectivity index (χ1v) is 7.23. The van der Waals surface area contributed by atoms with Crippen LogP contribution >= 0.6 is 11.3 Å². The Labute approximate surface area is 118 Å². The molecule has 1 unspecified atom stereocenters. The number of ketones is 1. The van der Waals surface area contributed by atoms with Crippen LogP contribution < -0.4 is 5.73 Å². The first-order valence-electron chi connectivity index (χ1n) is 5.54. The first-order chi connectivity index (χ1) is 9.04. The summed E-state index contributed by atoms with van der Waals surface area (Å²) in [6.07, 6.45) is 1.39. The van der Waals surface area contributed by atoms with Crippen LogP contribution in [0.1, 0.15) is 38.8 Å². The van der Waals surface area contributed by atoms with Gasteiger partial charge in [0.15, 0.2) is 5.82 Å². The van der Waals surface area contributed by atoms with E-state index >= 15 is 0 Å². The van der Waals surface area contributed by atoms with Crippen LogP contribution in [0.25, 0.3) is 0 Å². The molecule has 0 radical (unpaired) electrons. The predicted octanol–water partition coefficient (Wildman–Crippen LogP) is 2.15. The van der Waals surface area contributed by atoms with E-state index < -0.39 is 5.25 Å². The van der Waals surface area contributed by atoms with Gasteiger partial charge in [0.25, 0.3) is 5.25 Å². The number of anilines is 1. The van der Waals surface area contributed by atoms with Crippen molar-refractivity contribution in [2.45, 2.75) is 19.1 Å². The van der Waals surface area contributed by atoms with Crippen LogP contribution in [0, 0.1) is 6.92 Å². The number of thiophene rings is 1. The van der Waals surface area contributed by atoms with E-state index in [4.69, 9.17) is 5.73 Å². The number of nitrogen functional groups attached to an aromatic ring is 1. The SMILES string of the molecule is Cc1ccsc1C(=O)c1cnc(C(C)[S+]=O)nc1N. The predicted molar refractivity (Wildman–Crippen MR) is 75.4 cm³/mol. The minimum absolute atomic E-state index is 0.115. The molecule has 0 aliphatic rings. The average molecular weight is 294 g/mol. The summed E-state index contributed by atoms with van der Waals surface area (Å²) in [4.78, 5) is 21.0. The Balaban J connectivity index is 2.39. The minimum atomic E-state index is -0.394. The number of carbonyl (C=O) groups is 1. The van der Waals surface area contributed by atoms with Gasteiger partial charge in [0.2, 0.25) is 5.78 Å². The van der Waals surface area contributed by atoms with Gasteiger partial charge in [0.1, 0.15) is 5.82 Å². The molecule has 0 spiro atoms. The number of carbonyl (C=O) groups excluding carboxylic acids is 1. The molecule has 5 nitrogen and oxygen atoms in total. The van der Waals surface area contributed by atoms with Crippen molar-refractivity contribution in [1.82, 2.24) is 9.97 Å².